The van der Waals surface area contributed by atoms with Gasteiger partial charge in [0.25, 0.3) is 0 Å². The number of fused-ring (bicyclic) bond motifs is 3. The van der Waals surface area contributed by atoms with Crippen LogP contribution in [0.5, 0.6) is 0 Å². The molecule has 0 spiro atoms. The topological polar surface area (TPSA) is 3.24 Å². The van der Waals surface area contributed by atoms with Crippen LogP contribution in [0, 0.1) is 6.92 Å². The van der Waals surface area contributed by atoms with E-state index < -0.39 is 0 Å². The summed E-state index contributed by atoms with van der Waals surface area (Å²) in [6.07, 6.45) is 9.91. The maximum atomic E-state index is 2.41. The van der Waals surface area contributed by atoms with Crippen LogP contribution in [0.3, 0.4) is 0 Å². The fourth-order valence-corrected chi connectivity index (χ4v) is 6.53. The minimum Gasteiger partial charge on any atom is -0.310 e. The predicted octanol–water partition coefficient (Wildman–Crippen LogP) is 11.0. The van der Waals surface area contributed by atoms with Crippen LogP contribution < -0.4 is 4.90 Å². The normalized spacial score (nSPS) is 16.3. The van der Waals surface area contributed by atoms with Crippen molar-refractivity contribution >= 4 is 17.1 Å². The third kappa shape index (κ3) is 4.52. The maximum absolute atomic E-state index is 2.41. The van der Waals surface area contributed by atoms with Crippen LogP contribution in [-0.4, -0.2) is 0 Å². The van der Waals surface area contributed by atoms with Crippen molar-refractivity contribution in [3.8, 4) is 22.3 Å². The van der Waals surface area contributed by atoms with Crippen LogP contribution in [0.25, 0.3) is 22.3 Å². The van der Waals surface area contributed by atoms with Crippen LogP contribution in [0.4, 0.5) is 17.1 Å². The van der Waals surface area contributed by atoms with Gasteiger partial charge in [-0.15, -0.1) is 0 Å². The Morgan fingerprint density at radius 2 is 1.22 bits per heavy atom. The zero-order valence-corrected chi connectivity index (χ0v) is 24.0. The standard InChI is InChI=1S/C40H35N/c1-28-13-15-30(16-14-28)32-19-23-34(24-20-32)41(33-21-17-31(18-22-33)29-9-5-4-6-10-29)35-25-26-37-36-11-7-8-12-38(36)40(2,3)39(37)27-35/h4-9,11-27,29H,10H2,1-3H3. The molecular weight excluding hydrogens is 494 g/mol. The molecule has 2 aliphatic carbocycles. The highest BCUT2D eigenvalue weighted by Crippen LogP contribution is 2.50. The zero-order valence-electron chi connectivity index (χ0n) is 24.0. The summed E-state index contributed by atoms with van der Waals surface area (Å²) in [5, 5.41) is 0. The summed E-state index contributed by atoms with van der Waals surface area (Å²) < 4.78 is 0. The summed E-state index contributed by atoms with van der Waals surface area (Å²) >= 11 is 0. The molecule has 0 bridgehead atoms. The third-order valence-electron chi connectivity index (χ3n) is 8.90. The second-order valence-corrected chi connectivity index (χ2v) is 11.9. The summed E-state index contributed by atoms with van der Waals surface area (Å²) in [6, 6.07) is 42.8. The summed E-state index contributed by atoms with van der Waals surface area (Å²) in [7, 11) is 0. The van der Waals surface area contributed by atoms with Gasteiger partial charge in [-0.1, -0.05) is 123 Å². The molecule has 5 aromatic carbocycles. The van der Waals surface area contributed by atoms with Gasteiger partial charge in [0.2, 0.25) is 0 Å². The molecule has 0 aromatic heterocycles. The van der Waals surface area contributed by atoms with E-state index >= 15 is 0 Å². The van der Waals surface area contributed by atoms with E-state index in [0.29, 0.717) is 5.92 Å². The lowest BCUT2D eigenvalue weighted by atomic mass is 9.82. The minimum absolute atomic E-state index is 0.0480. The van der Waals surface area contributed by atoms with Gasteiger partial charge in [-0.2, -0.15) is 0 Å². The van der Waals surface area contributed by atoms with Gasteiger partial charge in [-0.25, -0.2) is 0 Å². The van der Waals surface area contributed by atoms with E-state index in [-0.39, 0.29) is 5.41 Å². The molecule has 2 aliphatic rings. The van der Waals surface area contributed by atoms with E-state index in [9.17, 15) is 0 Å². The van der Waals surface area contributed by atoms with Gasteiger partial charge in [0.1, 0.15) is 0 Å². The van der Waals surface area contributed by atoms with Crippen LogP contribution in [0.2, 0.25) is 0 Å². The summed E-state index contributed by atoms with van der Waals surface area (Å²) in [5.41, 5.74) is 14.0. The molecule has 1 atom stereocenters. The second-order valence-electron chi connectivity index (χ2n) is 11.9. The lowest BCUT2D eigenvalue weighted by Crippen LogP contribution is -2.16. The van der Waals surface area contributed by atoms with Crippen molar-refractivity contribution in [3.63, 3.8) is 0 Å². The molecule has 5 aromatic rings. The van der Waals surface area contributed by atoms with E-state index in [2.05, 4.69) is 165 Å². The lowest BCUT2D eigenvalue weighted by Gasteiger charge is -2.28. The highest BCUT2D eigenvalue weighted by molar-refractivity contribution is 5.86. The van der Waals surface area contributed by atoms with Gasteiger partial charge in [-0.05, 0) is 88.7 Å². The Labute approximate surface area is 244 Å². The smallest absolute Gasteiger partial charge is 0.0465 e. The van der Waals surface area contributed by atoms with Crippen molar-refractivity contribution in [1.82, 2.24) is 0 Å². The average molecular weight is 530 g/mol. The van der Waals surface area contributed by atoms with Gasteiger partial charge in [0.15, 0.2) is 0 Å². The Balaban J connectivity index is 1.31. The molecular formula is C40H35N. The largest absolute Gasteiger partial charge is 0.310 e. The molecule has 200 valence electrons. The molecule has 7 rings (SSSR count). The van der Waals surface area contributed by atoms with Gasteiger partial charge in [0, 0.05) is 28.4 Å². The minimum atomic E-state index is -0.0480. The molecule has 1 unspecified atom stereocenters. The van der Waals surface area contributed by atoms with E-state index in [1.165, 1.54) is 55.9 Å². The van der Waals surface area contributed by atoms with Crippen LogP contribution in [0.1, 0.15) is 48.4 Å². The summed E-state index contributed by atoms with van der Waals surface area (Å²) in [6.45, 7) is 6.83. The highest BCUT2D eigenvalue weighted by atomic mass is 15.1. The van der Waals surface area contributed by atoms with E-state index in [1.54, 1.807) is 0 Å². The van der Waals surface area contributed by atoms with Crippen LogP contribution in [0.15, 0.2) is 140 Å². The predicted molar refractivity (Wildman–Crippen MR) is 174 cm³/mol. The maximum Gasteiger partial charge on any atom is 0.0465 e. The Bertz CT molecular complexity index is 1770. The number of hydrogen-bond donors (Lipinski definition) is 0. The van der Waals surface area contributed by atoms with Crippen molar-refractivity contribution in [2.45, 2.75) is 38.5 Å². The molecule has 1 nitrogen and oxygen atoms in total. The van der Waals surface area contributed by atoms with Gasteiger partial charge < -0.3 is 4.90 Å². The monoisotopic (exact) mass is 529 g/mol. The number of benzene rings is 5. The summed E-state index contributed by atoms with van der Waals surface area (Å²) in [5.74, 6) is 0.440. The van der Waals surface area contributed by atoms with Crippen molar-refractivity contribution < 1.29 is 0 Å². The van der Waals surface area contributed by atoms with E-state index in [1.807, 2.05) is 0 Å². The van der Waals surface area contributed by atoms with Crippen LogP contribution in [-0.2, 0) is 5.41 Å². The molecule has 0 aliphatic heterocycles. The first-order valence-electron chi connectivity index (χ1n) is 14.6. The molecule has 0 saturated carbocycles. The first kappa shape index (κ1) is 25.4. The third-order valence-corrected chi connectivity index (χ3v) is 8.90. The Morgan fingerprint density at radius 1 is 0.610 bits per heavy atom. The second kappa shape index (κ2) is 10.1. The molecule has 0 amide bonds. The first-order valence-corrected chi connectivity index (χ1v) is 14.6. The van der Waals surface area contributed by atoms with Gasteiger partial charge in [-0.3, -0.25) is 0 Å². The SMILES string of the molecule is Cc1ccc(-c2ccc(N(c3ccc(C4C=CC=CC4)cc3)c3ccc4c(c3)C(C)(C)c3ccccc3-4)cc2)cc1. The molecule has 0 heterocycles. The molecule has 0 fully saturated rings. The quantitative estimate of drug-likeness (QED) is 0.219. The number of nitrogens with zero attached hydrogens (tertiary/aromatic N) is 1. The Morgan fingerprint density at radius 3 is 1.90 bits per heavy atom. The molecule has 41 heavy (non-hydrogen) atoms. The van der Waals surface area contributed by atoms with Crippen LogP contribution >= 0.6 is 0 Å². The zero-order chi connectivity index (χ0) is 28.0. The molecule has 0 N–H and O–H groups in total. The van der Waals surface area contributed by atoms with E-state index in [0.717, 1.165) is 12.1 Å². The number of aryl methyl sites for hydroxylation is 1. The Kier molecular flexibility index (Phi) is 6.24. The van der Waals surface area contributed by atoms with Crippen molar-refractivity contribution in [3.05, 3.63) is 162 Å². The average Bonchev–Trinajstić information content (AvgIpc) is 3.25. The van der Waals surface area contributed by atoms with Gasteiger partial charge in [0.05, 0.1) is 0 Å². The number of allylic oxidation sites excluding steroid dienone is 4. The fraction of sp³-hybridized carbons (Fsp3) is 0.150. The molecule has 1 heteroatoms. The van der Waals surface area contributed by atoms with Crippen molar-refractivity contribution in [2.24, 2.45) is 0 Å². The number of anilines is 3. The summed E-state index contributed by atoms with van der Waals surface area (Å²) in [4.78, 5) is 2.40. The molecule has 0 saturated heterocycles. The lowest BCUT2D eigenvalue weighted by molar-refractivity contribution is 0.660. The van der Waals surface area contributed by atoms with E-state index in [4.69, 9.17) is 0 Å². The highest BCUT2D eigenvalue weighted by Gasteiger charge is 2.35. The first-order chi connectivity index (χ1) is 20.0. The fourth-order valence-electron chi connectivity index (χ4n) is 6.53. The number of rotatable bonds is 5. The van der Waals surface area contributed by atoms with Crippen molar-refractivity contribution in [1.29, 1.82) is 0 Å². The number of hydrogen-bond acceptors (Lipinski definition) is 1. The Hall–Kier alpha value is -4.62. The van der Waals surface area contributed by atoms with Gasteiger partial charge >= 0.3 is 0 Å². The molecule has 0 radical (unpaired) electrons. The van der Waals surface area contributed by atoms with Crippen molar-refractivity contribution in [2.75, 3.05) is 4.90 Å².